The van der Waals surface area contributed by atoms with Crippen molar-refractivity contribution in [1.82, 2.24) is 0 Å². The molecule has 5 rings (SSSR count). The van der Waals surface area contributed by atoms with Crippen molar-refractivity contribution in [2.75, 3.05) is 6.61 Å². The molecule has 5 fully saturated rings. The smallest absolute Gasteiger partial charge is 0.306 e. The topological polar surface area (TPSA) is 83.8 Å². The van der Waals surface area contributed by atoms with Crippen LogP contribution in [0.5, 0.6) is 0 Å². The van der Waals surface area contributed by atoms with Crippen molar-refractivity contribution in [2.45, 2.75) is 124 Å². The van der Waals surface area contributed by atoms with Gasteiger partial charge in [0.25, 0.3) is 0 Å². The lowest BCUT2D eigenvalue weighted by Gasteiger charge is -2.72. The number of carbonyl (C=O) groups is 2. The average molecular weight is 503 g/mol. The standard InChI is InChI=1S/C31H50O5/c1-27(2)22-12-16-30(5)23(28(22,3)15-13-24(27)32)9-8-20-21-7-6-14-31(21,18-17-29(20,30)4)19-36-26(35)11-10-25(33)34/h20-24,32H,6-19H2,1-5H3,(H,33,34)/t20?,21-,22-,23?,24?,28-,29+,30+,31?/m0/s1. The van der Waals surface area contributed by atoms with E-state index < -0.39 is 5.97 Å². The molecular formula is C31H50O5. The highest BCUT2D eigenvalue weighted by Gasteiger charge is 2.69. The molecule has 5 aliphatic carbocycles. The first-order chi connectivity index (χ1) is 16.8. The molecular weight excluding hydrogens is 452 g/mol. The largest absolute Gasteiger partial charge is 0.481 e. The number of carbonyl (C=O) groups excluding carboxylic acids is 1. The molecule has 0 bridgehead atoms. The van der Waals surface area contributed by atoms with Crippen LogP contribution in [0.4, 0.5) is 0 Å². The molecule has 0 radical (unpaired) electrons. The lowest BCUT2D eigenvalue weighted by molar-refractivity contribution is -0.248. The molecule has 5 aliphatic rings. The van der Waals surface area contributed by atoms with Gasteiger partial charge in [0, 0.05) is 5.41 Å². The van der Waals surface area contributed by atoms with Crippen molar-refractivity contribution in [3.8, 4) is 0 Å². The van der Waals surface area contributed by atoms with Crippen molar-refractivity contribution >= 4 is 11.9 Å². The fraction of sp³-hybridized carbons (Fsp3) is 0.935. The number of hydrogen-bond donors (Lipinski definition) is 2. The van der Waals surface area contributed by atoms with Crippen LogP contribution >= 0.6 is 0 Å². The number of carboxylic acids is 1. The molecule has 5 saturated carbocycles. The van der Waals surface area contributed by atoms with Crippen LogP contribution in [0.1, 0.15) is 118 Å². The molecule has 2 N–H and O–H groups in total. The number of hydrogen-bond acceptors (Lipinski definition) is 4. The summed E-state index contributed by atoms with van der Waals surface area (Å²) < 4.78 is 5.77. The predicted octanol–water partition coefficient (Wildman–Crippen LogP) is 6.61. The van der Waals surface area contributed by atoms with Crippen molar-refractivity contribution in [1.29, 1.82) is 0 Å². The number of ether oxygens (including phenoxy) is 1. The third kappa shape index (κ3) is 3.64. The fourth-order valence-corrected chi connectivity index (χ4v) is 11.4. The van der Waals surface area contributed by atoms with Crippen LogP contribution in [-0.4, -0.2) is 34.9 Å². The van der Waals surface area contributed by atoms with Gasteiger partial charge in [0.2, 0.25) is 0 Å². The molecule has 0 spiro atoms. The van der Waals surface area contributed by atoms with Gasteiger partial charge in [-0.25, -0.2) is 0 Å². The van der Waals surface area contributed by atoms with E-state index in [1.807, 2.05) is 0 Å². The van der Waals surface area contributed by atoms with Crippen LogP contribution in [0.2, 0.25) is 0 Å². The van der Waals surface area contributed by atoms with Crippen molar-refractivity contribution in [3.63, 3.8) is 0 Å². The maximum atomic E-state index is 12.3. The Bertz CT molecular complexity index is 897. The van der Waals surface area contributed by atoms with Crippen LogP contribution < -0.4 is 0 Å². The highest BCUT2D eigenvalue weighted by atomic mass is 16.5. The number of rotatable bonds is 5. The van der Waals surface area contributed by atoms with E-state index in [0.29, 0.717) is 46.5 Å². The lowest BCUT2D eigenvalue weighted by Crippen LogP contribution is -2.66. The number of aliphatic hydroxyl groups excluding tert-OH is 1. The summed E-state index contributed by atoms with van der Waals surface area (Å²) in [7, 11) is 0. The van der Waals surface area contributed by atoms with Crippen LogP contribution in [0, 0.1) is 50.7 Å². The summed E-state index contributed by atoms with van der Waals surface area (Å²) in [6, 6.07) is 0. The Balaban J connectivity index is 1.38. The summed E-state index contributed by atoms with van der Waals surface area (Å²) >= 11 is 0. The molecule has 0 saturated heterocycles. The van der Waals surface area contributed by atoms with Gasteiger partial charge in [0.15, 0.2) is 0 Å². The van der Waals surface area contributed by atoms with Crippen molar-refractivity contribution in [3.05, 3.63) is 0 Å². The van der Waals surface area contributed by atoms with Crippen molar-refractivity contribution in [2.24, 2.45) is 50.7 Å². The van der Waals surface area contributed by atoms with E-state index in [1.165, 1.54) is 44.9 Å². The number of aliphatic hydroxyl groups is 1. The first-order valence-electron chi connectivity index (χ1n) is 14.9. The van der Waals surface area contributed by atoms with E-state index >= 15 is 0 Å². The summed E-state index contributed by atoms with van der Waals surface area (Å²) in [5.41, 5.74) is 0.990. The zero-order valence-corrected chi connectivity index (χ0v) is 23.4. The molecule has 0 heterocycles. The zero-order valence-electron chi connectivity index (χ0n) is 23.4. The molecule has 9 atom stereocenters. The monoisotopic (exact) mass is 502 g/mol. The normalized spacial score (nSPS) is 49.2. The minimum atomic E-state index is -0.943. The minimum absolute atomic E-state index is 0.0101. The zero-order chi connectivity index (χ0) is 26.1. The predicted molar refractivity (Wildman–Crippen MR) is 139 cm³/mol. The lowest BCUT2D eigenvalue weighted by atomic mass is 9.32. The molecule has 0 aliphatic heterocycles. The Hall–Kier alpha value is -1.10. The van der Waals surface area contributed by atoms with Crippen LogP contribution in [-0.2, 0) is 14.3 Å². The molecule has 5 heteroatoms. The van der Waals surface area contributed by atoms with E-state index in [9.17, 15) is 14.7 Å². The van der Waals surface area contributed by atoms with Crippen LogP contribution in [0.25, 0.3) is 0 Å². The molecule has 0 amide bonds. The Morgan fingerprint density at radius 2 is 1.53 bits per heavy atom. The van der Waals surface area contributed by atoms with E-state index in [-0.39, 0.29) is 35.7 Å². The molecule has 0 aromatic carbocycles. The summed E-state index contributed by atoms with van der Waals surface area (Å²) in [5.74, 6) is 1.29. The van der Waals surface area contributed by atoms with Gasteiger partial charge in [-0.15, -0.1) is 0 Å². The molecule has 5 nitrogen and oxygen atoms in total. The maximum Gasteiger partial charge on any atom is 0.306 e. The second-order valence-electron chi connectivity index (χ2n) is 15.0. The van der Waals surface area contributed by atoms with Gasteiger partial charge in [-0.1, -0.05) is 41.0 Å². The Labute approximate surface area is 218 Å². The second-order valence-corrected chi connectivity index (χ2v) is 15.0. The van der Waals surface area contributed by atoms with Crippen molar-refractivity contribution < 1.29 is 24.5 Å². The molecule has 36 heavy (non-hydrogen) atoms. The maximum absolute atomic E-state index is 12.3. The quantitative estimate of drug-likeness (QED) is 0.413. The fourth-order valence-electron chi connectivity index (χ4n) is 11.4. The number of esters is 1. The Kier molecular flexibility index (Phi) is 6.41. The highest BCUT2D eigenvalue weighted by molar-refractivity contribution is 5.76. The van der Waals surface area contributed by atoms with Gasteiger partial charge >= 0.3 is 11.9 Å². The van der Waals surface area contributed by atoms with E-state index in [4.69, 9.17) is 9.84 Å². The number of aliphatic carboxylic acids is 1. The van der Waals surface area contributed by atoms with Gasteiger partial charge < -0.3 is 14.9 Å². The molecule has 0 aromatic heterocycles. The third-order valence-corrected chi connectivity index (χ3v) is 13.6. The van der Waals surface area contributed by atoms with Gasteiger partial charge in [-0.3, -0.25) is 9.59 Å². The first kappa shape index (κ1) is 26.5. The van der Waals surface area contributed by atoms with E-state index in [1.54, 1.807) is 0 Å². The van der Waals surface area contributed by atoms with Gasteiger partial charge in [-0.05, 0) is 110 Å². The van der Waals surface area contributed by atoms with E-state index in [2.05, 4.69) is 34.6 Å². The van der Waals surface area contributed by atoms with Gasteiger partial charge in [0.05, 0.1) is 25.6 Å². The van der Waals surface area contributed by atoms with Crippen LogP contribution in [0.15, 0.2) is 0 Å². The van der Waals surface area contributed by atoms with Gasteiger partial charge in [0.1, 0.15) is 0 Å². The Morgan fingerprint density at radius 1 is 0.778 bits per heavy atom. The average Bonchev–Trinajstić information content (AvgIpc) is 3.24. The summed E-state index contributed by atoms with van der Waals surface area (Å²) in [4.78, 5) is 23.2. The number of carboxylic acid groups (broad SMARTS) is 1. The highest BCUT2D eigenvalue weighted by Crippen LogP contribution is 2.76. The van der Waals surface area contributed by atoms with Crippen LogP contribution in [0.3, 0.4) is 0 Å². The molecule has 0 aromatic rings. The second kappa shape index (κ2) is 8.71. The summed E-state index contributed by atoms with van der Waals surface area (Å²) in [5, 5.41) is 19.8. The number of fused-ring (bicyclic) bond motifs is 7. The summed E-state index contributed by atoms with van der Waals surface area (Å²) in [6.45, 7) is 13.0. The minimum Gasteiger partial charge on any atom is -0.481 e. The molecule has 4 unspecified atom stereocenters. The summed E-state index contributed by atoms with van der Waals surface area (Å²) in [6.07, 6.45) is 12.7. The van der Waals surface area contributed by atoms with Gasteiger partial charge in [-0.2, -0.15) is 0 Å². The third-order valence-electron chi connectivity index (χ3n) is 13.6. The first-order valence-corrected chi connectivity index (χ1v) is 14.9. The van der Waals surface area contributed by atoms with E-state index in [0.717, 1.165) is 25.7 Å². The SMILES string of the molecule is CC1(C)C(O)CC[C@]2(C)C3CCC4[C@@H]5CCCC5(COC(=O)CCC(=O)O)CC[C@@]4(C)[C@]3(C)CC[C@@H]12. The molecule has 204 valence electrons. The Morgan fingerprint density at radius 3 is 2.25 bits per heavy atom.